The zero-order valence-electron chi connectivity index (χ0n) is 11.8. The van der Waals surface area contributed by atoms with Crippen LogP contribution in [0.5, 0.6) is 0 Å². The van der Waals surface area contributed by atoms with E-state index in [1.807, 2.05) is 18.3 Å². The summed E-state index contributed by atoms with van der Waals surface area (Å²) < 4.78 is 2.36. The average molecular weight is 310 g/mol. The molecule has 2 aromatic heterocycles. The van der Waals surface area contributed by atoms with E-state index in [1.54, 1.807) is 0 Å². The van der Waals surface area contributed by atoms with Crippen molar-refractivity contribution in [2.45, 2.75) is 43.9 Å². The van der Waals surface area contributed by atoms with E-state index in [4.69, 9.17) is 16.6 Å². The topological polar surface area (TPSA) is 30.7 Å². The summed E-state index contributed by atoms with van der Waals surface area (Å²) in [4.78, 5) is 9.28. The molecule has 0 radical (unpaired) electrons. The minimum absolute atomic E-state index is 0.539. The Bertz CT molecular complexity index is 584. The highest BCUT2D eigenvalue weighted by Crippen LogP contribution is 2.39. The van der Waals surface area contributed by atoms with E-state index >= 15 is 0 Å². The standard InChI is InChI=1S/C15H20ClN3S/c1-2-20-12-6-5-11(10-12)19-14(7-8-16)18-13-4-3-9-17-15(13)19/h3-4,9,11-12H,2,5-8,10H2,1H3. The number of aryl methyl sites for hydroxylation is 1. The van der Waals surface area contributed by atoms with Gasteiger partial charge in [0.15, 0.2) is 5.65 Å². The number of halogens is 1. The smallest absolute Gasteiger partial charge is 0.160 e. The lowest BCUT2D eigenvalue weighted by molar-refractivity contribution is 0.511. The van der Waals surface area contributed by atoms with Crippen molar-refractivity contribution in [1.29, 1.82) is 0 Å². The third-order valence-electron chi connectivity index (χ3n) is 3.96. The molecule has 2 atom stereocenters. The fourth-order valence-electron chi connectivity index (χ4n) is 3.16. The van der Waals surface area contributed by atoms with E-state index in [1.165, 1.54) is 25.0 Å². The summed E-state index contributed by atoms with van der Waals surface area (Å²) in [5, 5.41) is 0.787. The van der Waals surface area contributed by atoms with Crippen LogP contribution in [0, 0.1) is 0 Å². The van der Waals surface area contributed by atoms with Crippen molar-refractivity contribution in [1.82, 2.24) is 14.5 Å². The predicted molar refractivity (Wildman–Crippen MR) is 86.8 cm³/mol. The summed E-state index contributed by atoms with van der Waals surface area (Å²) in [6, 6.07) is 4.54. The van der Waals surface area contributed by atoms with Crippen LogP contribution in [0.25, 0.3) is 11.2 Å². The summed E-state index contributed by atoms with van der Waals surface area (Å²) in [7, 11) is 0. The monoisotopic (exact) mass is 309 g/mol. The van der Waals surface area contributed by atoms with Crippen LogP contribution in [0.4, 0.5) is 0 Å². The first-order valence-electron chi connectivity index (χ1n) is 7.33. The van der Waals surface area contributed by atoms with E-state index in [0.29, 0.717) is 11.9 Å². The summed E-state index contributed by atoms with van der Waals surface area (Å²) in [6.07, 6.45) is 6.44. The lowest BCUT2D eigenvalue weighted by Gasteiger charge is -2.16. The molecule has 1 fully saturated rings. The van der Waals surface area contributed by atoms with E-state index < -0.39 is 0 Å². The summed E-state index contributed by atoms with van der Waals surface area (Å²) in [5.41, 5.74) is 2.03. The molecule has 0 aliphatic heterocycles. The van der Waals surface area contributed by atoms with Crippen LogP contribution in [0.15, 0.2) is 18.3 Å². The predicted octanol–water partition coefficient (Wildman–Crippen LogP) is 4.06. The van der Waals surface area contributed by atoms with Crippen LogP contribution in [-0.4, -0.2) is 31.4 Å². The van der Waals surface area contributed by atoms with Gasteiger partial charge in [0.05, 0.1) is 0 Å². The molecule has 1 aliphatic carbocycles. The molecule has 5 heteroatoms. The van der Waals surface area contributed by atoms with Crippen molar-refractivity contribution in [2.75, 3.05) is 11.6 Å². The molecule has 2 heterocycles. The highest BCUT2D eigenvalue weighted by Gasteiger charge is 2.28. The third-order valence-corrected chi connectivity index (χ3v) is 5.39. The molecule has 3 nitrogen and oxygen atoms in total. The molecule has 0 spiro atoms. The molecule has 0 aromatic carbocycles. The van der Waals surface area contributed by atoms with Crippen molar-refractivity contribution in [3.05, 3.63) is 24.2 Å². The molecule has 108 valence electrons. The summed E-state index contributed by atoms with van der Waals surface area (Å²) in [5.74, 6) is 2.92. The molecule has 20 heavy (non-hydrogen) atoms. The number of thioether (sulfide) groups is 1. The molecule has 1 aliphatic rings. The molecule has 3 rings (SSSR count). The minimum atomic E-state index is 0.539. The van der Waals surface area contributed by atoms with Gasteiger partial charge in [0.25, 0.3) is 0 Å². The van der Waals surface area contributed by atoms with Gasteiger partial charge >= 0.3 is 0 Å². The highest BCUT2D eigenvalue weighted by atomic mass is 35.5. The van der Waals surface area contributed by atoms with Gasteiger partial charge in [-0.2, -0.15) is 11.8 Å². The van der Waals surface area contributed by atoms with Crippen molar-refractivity contribution in [2.24, 2.45) is 0 Å². The molecule has 0 bridgehead atoms. The Kier molecular flexibility index (Phi) is 4.51. The van der Waals surface area contributed by atoms with Crippen molar-refractivity contribution >= 4 is 34.5 Å². The summed E-state index contributed by atoms with van der Waals surface area (Å²) >= 11 is 8.03. The van der Waals surface area contributed by atoms with Crippen LogP contribution in [-0.2, 0) is 6.42 Å². The van der Waals surface area contributed by atoms with E-state index in [9.17, 15) is 0 Å². The number of rotatable bonds is 5. The first-order chi connectivity index (χ1) is 9.83. The Balaban J connectivity index is 1.95. The molecule has 2 aromatic rings. The lowest BCUT2D eigenvalue weighted by Crippen LogP contribution is -2.11. The highest BCUT2D eigenvalue weighted by molar-refractivity contribution is 7.99. The maximum atomic E-state index is 5.94. The second-order valence-electron chi connectivity index (χ2n) is 5.23. The van der Waals surface area contributed by atoms with Gasteiger partial charge in [-0.25, -0.2) is 9.97 Å². The molecular formula is C15H20ClN3S. The lowest BCUT2D eigenvalue weighted by atomic mass is 10.2. The van der Waals surface area contributed by atoms with Crippen molar-refractivity contribution in [3.63, 3.8) is 0 Å². The normalized spacial score (nSPS) is 22.7. The van der Waals surface area contributed by atoms with Gasteiger partial charge in [-0.15, -0.1) is 11.6 Å². The number of aromatic nitrogens is 3. The number of nitrogens with zero attached hydrogens (tertiary/aromatic N) is 3. The van der Waals surface area contributed by atoms with Crippen LogP contribution < -0.4 is 0 Å². The number of fused-ring (bicyclic) bond motifs is 1. The van der Waals surface area contributed by atoms with Crippen molar-refractivity contribution in [3.8, 4) is 0 Å². The number of imidazole rings is 1. The second-order valence-corrected chi connectivity index (χ2v) is 7.18. The molecular weight excluding hydrogens is 290 g/mol. The van der Waals surface area contributed by atoms with Gasteiger partial charge in [-0.1, -0.05) is 6.92 Å². The Labute approximate surface area is 129 Å². The van der Waals surface area contributed by atoms with Gasteiger partial charge in [-0.05, 0) is 37.1 Å². The maximum absolute atomic E-state index is 5.94. The van der Waals surface area contributed by atoms with Crippen LogP contribution in [0.2, 0.25) is 0 Å². The number of alkyl halides is 1. The minimum Gasteiger partial charge on any atom is -0.310 e. The van der Waals surface area contributed by atoms with Crippen molar-refractivity contribution < 1.29 is 0 Å². The number of hydrogen-bond acceptors (Lipinski definition) is 3. The fourth-order valence-corrected chi connectivity index (χ4v) is 4.46. The molecule has 2 unspecified atom stereocenters. The Morgan fingerprint density at radius 2 is 2.35 bits per heavy atom. The van der Waals surface area contributed by atoms with Gasteiger partial charge in [0, 0.05) is 29.8 Å². The third kappa shape index (κ3) is 2.68. The Morgan fingerprint density at radius 3 is 3.15 bits per heavy atom. The van der Waals surface area contributed by atoms with E-state index in [-0.39, 0.29) is 0 Å². The second kappa shape index (κ2) is 6.35. The molecule has 1 saturated carbocycles. The Hall–Kier alpha value is -0.740. The zero-order chi connectivity index (χ0) is 13.9. The van der Waals surface area contributed by atoms with Gasteiger partial charge in [-0.3, -0.25) is 0 Å². The van der Waals surface area contributed by atoms with E-state index in [0.717, 1.165) is 28.7 Å². The van der Waals surface area contributed by atoms with Gasteiger partial charge < -0.3 is 4.57 Å². The largest absolute Gasteiger partial charge is 0.310 e. The number of hydrogen-bond donors (Lipinski definition) is 0. The fraction of sp³-hybridized carbons (Fsp3) is 0.600. The SMILES string of the molecule is CCSC1CCC(n2c(CCCl)nc3cccnc32)C1. The number of pyridine rings is 1. The average Bonchev–Trinajstić information content (AvgIpc) is 3.03. The van der Waals surface area contributed by atoms with Gasteiger partial charge in [0.2, 0.25) is 0 Å². The van der Waals surface area contributed by atoms with Gasteiger partial charge in [0.1, 0.15) is 11.3 Å². The maximum Gasteiger partial charge on any atom is 0.160 e. The first kappa shape index (κ1) is 14.2. The zero-order valence-corrected chi connectivity index (χ0v) is 13.3. The first-order valence-corrected chi connectivity index (χ1v) is 8.91. The quantitative estimate of drug-likeness (QED) is 0.780. The van der Waals surface area contributed by atoms with Crippen LogP contribution in [0.1, 0.15) is 38.1 Å². The van der Waals surface area contributed by atoms with Crippen LogP contribution >= 0.6 is 23.4 Å². The summed E-state index contributed by atoms with van der Waals surface area (Å²) in [6.45, 7) is 2.24. The van der Waals surface area contributed by atoms with E-state index in [2.05, 4.69) is 28.2 Å². The molecule has 0 amide bonds. The Morgan fingerprint density at radius 1 is 1.45 bits per heavy atom. The van der Waals surface area contributed by atoms with Crippen LogP contribution in [0.3, 0.4) is 0 Å². The molecule has 0 saturated heterocycles. The molecule has 0 N–H and O–H groups in total.